The summed E-state index contributed by atoms with van der Waals surface area (Å²) in [7, 11) is 0. The molecule has 0 bridgehead atoms. The molecule has 0 radical (unpaired) electrons. The molecule has 1 fully saturated rings. The Morgan fingerprint density at radius 1 is 1.24 bits per heavy atom. The van der Waals surface area contributed by atoms with Crippen molar-refractivity contribution in [2.45, 2.75) is 18.6 Å². The molecular weight excluding hydrogens is 222 g/mol. The number of carboxylic acid groups (broad SMARTS) is 1. The Bertz CT molecular complexity index is 431. The van der Waals surface area contributed by atoms with E-state index in [4.69, 9.17) is 5.11 Å². The third-order valence-corrected chi connectivity index (χ3v) is 2.85. The van der Waals surface area contributed by atoms with Gasteiger partial charge < -0.3 is 15.1 Å². The summed E-state index contributed by atoms with van der Waals surface area (Å²) in [6.45, 7) is 0.0741. The molecule has 1 amide bonds. The minimum atomic E-state index is -1.08. The fraction of sp³-hybridized carbons (Fsp3) is 0.333. The van der Waals surface area contributed by atoms with Gasteiger partial charge in [-0.1, -0.05) is 18.2 Å². The first-order valence-corrected chi connectivity index (χ1v) is 5.36. The molecule has 1 saturated heterocycles. The number of nitrogens with zero attached hydrogens (tertiary/aromatic N) is 1. The number of aliphatic hydroxyl groups is 1. The highest BCUT2D eigenvalue weighted by molar-refractivity contribution is 5.97. The summed E-state index contributed by atoms with van der Waals surface area (Å²) in [4.78, 5) is 24.3. The summed E-state index contributed by atoms with van der Waals surface area (Å²) in [5, 5.41) is 18.4. The molecule has 0 saturated carbocycles. The summed E-state index contributed by atoms with van der Waals surface area (Å²) in [5.74, 6) is -1.43. The van der Waals surface area contributed by atoms with Crippen molar-refractivity contribution in [2.75, 3.05) is 6.54 Å². The lowest BCUT2D eigenvalue weighted by molar-refractivity contribution is -0.141. The second-order valence-electron chi connectivity index (χ2n) is 4.07. The normalized spacial score (nSPS) is 23.7. The Balaban J connectivity index is 2.22. The van der Waals surface area contributed by atoms with Gasteiger partial charge in [-0.25, -0.2) is 4.79 Å². The number of carboxylic acids is 1. The van der Waals surface area contributed by atoms with Crippen molar-refractivity contribution < 1.29 is 19.8 Å². The van der Waals surface area contributed by atoms with Gasteiger partial charge >= 0.3 is 5.97 Å². The summed E-state index contributed by atoms with van der Waals surface area (Å²) in [5.41, 5.74) is 0.438. The molecule has 1 aliphatic heterocycles. The average molecular weight is 235 g/mol. The second kappa shape index (κ2) is 4.55. The van der Waals surface area contributed by atoms with Gasteiger partial charge in [0.05, 0.1) is 6.10 Å². The molecule has 17 heavy (non-hydrogen) atoms. The molecule has 1 aliphatic rings. The van der Waals surface area contributed by atoms with Crippen molar-refractivity contribution in [3.8, 4) is 0 Å². The number of hydrogen-bond acceptors (Lipinski definition) is 3. The van der Waals surface area contributed by atoms with Gasteiger partial charge in [-0.05, 0) is 12.1 Å². The third-order valence-electron chi connectivity index (χ3n) is 2.85. The Morgan fingerprint density at radius 2 is 1.88 bits per heavy atom. The van der Waals surface area contributed by atoms with Crippen LogP contribution in [0.15, 0.2) is 30.3 Å². The first-order valence-electron chi connectivity index (χ1n) is 5.36. The van der Waals surface area contributed by atoms with Crippen molar-refractivity contribution >= 4 is 11.9 Å². The molecule has 0 unspecified atom stereocenters. The van der Waals surface area contributed by atoms with Crippen LogP contribution in [0.3, 0.4) is 0 Å². The first kappa shape index (κ1) is 11.6. The minimum absolute atomic E-state index is 0.0741. The number of likely N-dealkylation sites (tertiary alicyclic amines) is 1. The van der Waals surface area contributed by atoms with Crippen molar-refractivity contribution in [3.05, 3.63) is 35.9 Å². The Hall–Kier alpha value is -1.88. The van der Waals surface area contributed by atoms with Gasteiger partial charge in [0.2, 0.25) is 0 Å². The smallest absolute Gasteiger partial charge is 0.326 e. The van der Waals surface area contributed by atoms with Crippen LogP contribution < -0.4 is 0 Å². The van der Waals surface area contributed by atoms with Crippen LogP contribution in [-0.4, -0.2) is 45.7 Å². The predicted molar refractivity (Wildman–Crippen MR) is 59.5 cm³/mol. The lowest BCUT2D eigenvalue weighted by atomic mass is 10.1. The van der Waals surface area contributed by atoms with Gasteiger partial charge in [-0.15, -0.1) is 0 Å². The van der Waals surface area contributed by atoms with E-state index in [2.05, 4.69) is 0 Å². The molecule has 5 nitrogen and oxygen atoms in total. The zero-order valence-corrected chi connectivity index (χ0v) is 9.11. The number of carbonyl (C=O) groups excluding carboxylic acids is 1. The van der Waals surface area contributed by atoms with E-state index in [0.717, 1.165) is 0 Å². The molecule has 1 heterocycles. The number of rotatable bonds is 2. The Kier molecular flexibility index (Phi) is 3.10. The number of β-amino-alcohol motifs (C(OH)–C–C–N with tert-alkyl or cyclic N) is 1. The van der Waals surface area contributed by atoms with Crippen molar-refractivity contribution in [3.63, 3.8) is 0 Å². The maximum Gasteiger partial charge on any atom is 0.326 e. The number of aliphatic carboxylic acids is 1. The van der Waals surface area contributed by atoms with Crippen molar-refractivity contribution in [1.29, 1.82) is 0 Å². The molecule has 0 aromatic heterocycles. The number of benzene rings is 1. The molecule has 2 rings (SSSR count). The molecule has 0 spiro atoms. The Morgan fingerprint density at radius 3 is 2.47 bits per heavy atom. The highest BCUT2D eigenvalue weighted by atomic mass is 16.4. The number of aliphatic hydroxyl groups excluding tert-OH is 1. The summed E-state index contributed by atoms with van der Waals surface area (Å²) < 4.78 is 0. The van der Waals surface area contributed by atoms with Crippen LogP contribution in [0.5, 0.6) is 0 Å². The monoisotopic (exact) mass is 235 g/mol. The number of amides is 1. The molecule has 5 heteroatoms. The highest BCUT2D eigenvalue weighted by Crippen LogP contribution is 2.20. The molecular formula is C12H13NO4. The van der Waals surface area contributed by atoms with Crippen LogP contribution in [0.1, 0.15) is 16.8 Å². The van der Waals surface area contributed by atoms with Crippen molar-refractivity contribution in [2.24, 2.45) is 0 Å². The molecule has 2 N–H and O–H groups in total. The van der Waals surface area contributed by atoms with Crippen LogP contribution in [0.25, 0.3) is 0 Å². The SMILES string of the molecule is O=C(O)[C@H]1C[C@@H](O)CN1C(=O)c1ccccc1. The fourth-order valence-electron chi connectivity index (χ4n) is 2.02. The third kappa shape index (κ3) is 2.29. The molecule has 1 aromatic rings. The summed E-state index contributed by atoms with van der Waals surface area (Å²) in [6.07, 6.45) is -0.669. The zero-order chi connectivity index (χ0) is 12.4. The van der Waals surface area contributed by atoms with Crippen LogP contribution in [0.4, 0.5) is 0 Å². The lowest BCUT2D eigenvalue weighted by Crippen LogP contribution is -2.40. The summed E-state index contributed by atoms with van der Waals surface area (Å²) >= 11 is 0. The topological polar surface area (TPSA) is 77.8 Å². The fourth-order valence-corrected chi connectivity index (χ4v) is 2.02. The van der Waals surface area contributed by atoms with Crippen molar-refractivity contribution in [1.82, 2.24) is 4.90 Å². The number of carbonyl (C=O) groups is 2. The standard InChI is InChI=1S/C12H13NO4/c14-9-6-10(12(16)17)13(7-9)11(15)8-4-2-1-3-5-8/h1-5,9-10,14H,6-7H2,(H,16,17)/t9-,10-/m1/s1. The molecule has 1 aromatic carbocycles. The van der Waals surface area contributed by atoms with E-state index in [0.29, 0.717) is 5.56 Å². The van der Waals surface area contributed by atoms with E-state index in [-0.39, 0.29) is 18.9 Å². The van der Waals surface area contributed by atoms with E-state index >= 15 is 0 Å². The quantitative estimate of drug-likeness (QED) is 0.775. The Labute approximate surface area is 98.3 Å². The molecule has 90 valence electrons. The van der Waals surface area contributed by atoms with E-state index in [1.165, 1.54) is 4.90 Å². The van der Waals surface area contributed by atoms with Crippen LogP contribution in [0.2, 0.25) is 0 Å². The van der Waals surface area contributed by atoms with E-state index < -0.39 is 18.1 Å². The zero-order valence-electron chi connectivity index (χ0n) is 9.11. The highest BCUT2D eigenvalue weighted by Gasteiger charge is 2.39. The van der Waals surface area contributed by atoms with Crippen LogP contribution in [0, 0.1) is 0 Å². The first-order chi connectivity index (χ1) is 8.09. The van der Waals surface area contributed by atoms with E-state index in [9.17, 15) is 14.7 Å². The van der Waals surface area contributed by atoms with Gasteiger partial charge in [0.25, 0.3) is 5.91 Å². The summed E-state index contributed by atoms with van der Waals surface area (Å²) in [6, 6.07) is 7.55. The van der Waals surface area contributed by atoms with E-state index in [1.54, 1.807) is 30.3 Å². The van der Waals surface area contributed by atoms with Gasteiger partial charge in [-0.2, -0.15) is 0 Å². The second-order valence-corrected chi connectivity index (χ2v) is 4.07. The van der Waals surface area contributed by atoms with Crippen LogP contribution in [-0.2, 0) is 4.79 Å². The van der Waals surface area contributed by atoms with Gasteiger partial charge in [0.15, 0.2) is 0 Å². The van der Waals surface area contributed by atoms with Gasteiger partial charge in [-0.3, -0.25) is 4.79 Å². The molecule has 2 atom stereocenters. The van der Waals surface area contributed by atoms with E-state index in [1.807, 2.05) is 0 Å². The average Bonchev–Trinajstić information content (AvgIpc) is 2.72. The maximum atomic E-state index is 12.1. The van der Waals surface area contributed by atoms with Gasteiger partial charge in [0, 0.05) is 18.5 Å². The predicted octanol–water partition coefficient (Wildman–Crippen LogP) is 0.347. The van der Waals surface area contributed by atoms with Crippen LogP contribution >= 0.6 is 0 Å². The minimum Gasteiger partial charge on any atom is -0.480 e. The molecule has 0 aliphatic carbocycles. The largest absolute Gasteiger partial charge is 0.480 e. The van der Waals surface area contributed by atoms with Gasteiger partial charge in [0.1, 0.15) is 6.04 Å². The number of hydrogen-bond donors (Lipinski definition) is 2. The lowest BCUT2D eigenvalue weighted by Gasteiger charge is -2.21. The maximum absolute atomic E-state index is 12.1.